The van der Waals surface area contributed by atoms with Crippen LogP contribution in [0.4, 0.5) is 0 Å². The third-order valence-electron chi connectivity index (χ3n) is 3.32. The first-order chi connectivity index (χ1) is 11.8. The second-order valence-electron chi connectivity index (χ2n) is 5.79. The van der Waals surface area contributed by atoms with Crippen LogP contribution in [0.25, 0.3) is 0 Å². The molecule has 25 heavy (non-hydrogen) atoms. The fraction of sp³-hybridized carbons (Fsp3) is 0.588. The van der Waals surface area contributed by atoms with E-state index in [4.69, 9.17) is 9.47 Å². The van der Waals surface area contributed by atoms with Crippen molar-refractivity contribution in [3.63, 3.8) is 0 Å². The predicted molar refractivity (Wildman–Crippen MR) is 96.5 cm³/mol. The number of hydrogen-bond acceptors (Lipinski definition) is 5. The molecule has 0 fully saturated rings. The van der Waals surface area contributed by atoms with Crippen molar-refractivity contribution in [3.8, 4) is 5.75 Å². The molecular formula is C17H28N2O5S. The monoisotopic (exact) mass is 372 g/mol. The van der Waals surface area contributed by atoms with Crippen molar-refractivity contribution in [1.82, 2.24) is 10.0 Å². The van der Waals surface area contributed by atoms with Crippen molar-refractivity contribution in [2.24, 2.45) is 0 Å². The number of ether oxygens (including phenoxy) is 2. The van der Waals surface area contributed by atoms with Gasteiger partial charge in [-0.3, -0.25) is 4.79 Å². The Balaban J connectivity index is 2.81. The van der Waals surface area contributed by atoms with E-state index >= 15 is 0 Å². The van der Waals surface area contributed by atoms with Gasteiger partial charge in [-0.2, -0.15) is 0 Å². The van der Waals surface area contributed by atoms with Crippen LogP contribution in [0.15, 0.2) is 23.1 Å². The number of hydrogen-bond donors (Lipinski definition) is 2. The highest BCUT2D eigenvalue weighted by Gasteiger charge is 2.21. The van der Waals surface area contributed by atoms with Crippen molar-refractivity contribution >= 4 is 15.9 Å². The van der Waals surface area contributed by atoms with Crippen LogP contribution >= 0.6 is 0 Å². The van der Waals surface area contributed by atoms with Gasteiger partial charge in [0, 0.05) is 25.3 Å². The molecule has 0 saturated heterocycles. The van der Waals surface area contributed by atoms with Crippen molar-refractivity contribution in [3.05, 3.63) is 23.8 Å². The molecule has 1 rings (SSSR count). The normalized spacial score (nSPS) is 11.6. The van der Waals surface area contributed by atoms with Crippen LogP contribution in [0.5, 0.6) is 5.75 Å². The SMILES string of the molecule is CCCNS(=O)(=O)c1cc(C(=O)NCCCOC(C)C)ccc1OC. The maximum Gasteiger partial charge on any atom is 0.251 e. The third-order valence-corrected chi connectivity index (χ3v) is 4.80. The lowest BCUT2D eigenvalue weighted by molar-refractivity contribution is 0.0757. The molecule has 0 saturated carbocycles. The molecule has 0 aliphatic carbocycles. The van der Waals surface area contributed by atoms with Crippen molar-refractivity contribution in [2.45, 2.75) is 44.6 Å². The largest absolute Gasteiger partial charge is 0.495 e. The number of rotatable bonds is 11. The second kappa shape index (κ2) is 10.4. The van der Waals surface area contributed by atoms with Crippen LogP contribution in [0.2, 0.25) is 0 Å². The van der Waals surface area contributed by atoms with Gasteiger partial charge in [-0.05, 0) is 44.9 Å². The van der Waals surface area contributed by atoms with Crippen molar-refractivity contribution < 1.29 is 22.7 Å². The number of sulfonamides is 1. The summed E-state index contributed by atoms with van der Waals surface area (Å²) in [6.07, 6.45) is 1.50. The third kappa shape index (κ3) is 7.01. The maximum absolute atomic E-state index is 12.4. The topological polar surface area (TPSA) is 93.7 Å². The first-order valence-corrected chi connectivity index (χ1v) is 9.87. The summed E-state index contributed by atoms with van der Waals surface area (Å²) in [5.41, 5.74) is 0.266. The van der Waals surface area contributed by atoms with E-state index in [2.05, 4.69) is 10.0 Å². The molecular weight excluding hydrogens is 344 g/mol. The first-order valence-electron chi connectivity index (χ1n) is 8.39. The van der Waals surface area contributed by atoms with Crippen LogP contribution in [-0.4, -0.2) is 47.2 Å². The summed E-state index contributed by atoms with van der Waals surface area (Å²) in [6.45, 7) is 7.09. The molecule has 0 unspecified atom stereocenters. The van der Waals surface area contributed by atoms with Gasteiger partial charge in [0.25, 0.3) is 5.91 Å². The van der Waals surface area contributed by atoms with Gasteiger partial charge in [0.2, 0.25) is 10.0 Å². The van der Waals surface area contributed by atoms with Gasteiger partial charge in [-0.1, -0.05) is 6.92 Å². The fourth-order valence-electron chi connectivity index (χ4n) is 2.04. The maximum atomic E-state index is 12.4. The average molecular weight is 372 g/mol. The van der Waals surface area contributed by atoms with Gasteiger partial charge in [0.15, 0.2) is 0 Å². The predicted octanol–water partition coefficient (Wildman–Crippen LogP) is 1.93. The van der Waals surface area contributed by atoms with E-state index in [1.54, 1.807) is 0 Å². The lowest BCUT2D eigenvalue weighted by Crippen LogP contribution is -2.27. The molecule has 8 heteroatoms. The molecule has 0 heterocycles. The lowest BCUT2D eigenvalue weighted by Gasteiger charge is -2.12. The van der Waals surface area contributed by atoms with E-state index in [0.29, 0.717) is 32.5 Å². The highest BCUT2D eigenvalue weighted by atomic mass is 32.2. The lowest BCUT2D eigenvalue weighted by atomic mass is 10.2. The molecule has 0 radical (unpaired) electrons. The number of benzene rings is 1. The van der Waals surface area contributed by atoms with Gasteiger partial charge in [0.05, 0.1) is 13.2 Å². The van der Waals surface area contributed by atoms with Crippen LogP contribution in [0, 0.1) is 0 Å². The Morgan fingerprint density at radius 2 is 1.96 bits per heavy atom. The zero-order chi connectivity index (χ0) is 18.9. The molecule has 7 nitrogen and oxygen atoms in total. The summed E-state index contributed by atoms with van der Waals surface area (Å²) in [4.78, 5) is 12.2. The summed E-state index contributed by atoms with van der Waals surface area (Å²) >= 11 is 0. The van der Waals surface area contributed by atoms with Crippen LogP contribution in [0.1, 0.15) is 44.0 Å². The van der Waals surface area contributed by atoms with Crippen molar-refractivity contribution in [1.29, 1.82) is 0 Å². The Hall–Kier alpha value is -1.64. The zero-order valence-corrected chi connectivity index (χ0v) is 16.1. The van der Waals surface area contributed by atoms with Crippen LogP contribution in [0.3, 0.4) is 0 Å². The molecule has 0 spiro atoms. The number of nitrogens with one attached hydrogen (secondary N) is 2. The van der Waals surface area contributed by atoms with E-state index in [1.807, 2.05) is 20.8 Å². The minimum atomic E-state index is -3.73. The minimum Gasteiger partial charge on any atom is -0.495 e. The molecule has 1 amide bonds. The minimum absolute atomic E-state index is 0.0424. The molecule has 142 valence electrons. The summed E-state index contributed by atoms with van der Waals surface area (Å²) in [6, 6.07) is 4.35. The zero-order valence-electron chi connectivity index (χ0n) is 15.3. The molecule has 0 aliphatic heterocycles. The summed E-state index contributed by atoms with van der Waals surface area (Å²) in [5.74, 6) is -0.135. The first kappa shape index (κ1) is 21.4. The van der Waals surface area contributed by atoms with Gasteiger partial charge in [0.1, 0.15) is 10.6 Å². The fourth-order valence-corrected chi connectivity index (χ4v) is 3.36. The molecule has 0 bridgehead atoms. The number of methoxy groups -OCH3 is 1. The Bertz CT molecular complexity index is 659. The Labute approximate surface area is 150 Å². The average Bonchev–Trinajstić information content (AvgIpc) is 2.58. The Morgan fingerprint density at radius 3 is 2.56 bits per heavy atom. The van der Waals surface area contributed by atoms with E-state index in [0.717, 1.165) is 0 Å². The Morgan fingerprint density at radius 1 is 1.24 bits per heavy atom. The van der Waals surface area contributed by atoms with Crippen LogP contribution in [-0.2, 0) is 14.8 Å². The van der Waals surface area contributed by atoms with Crippen LogP contribution < -0.4 is 14.8 Å². The summed E-state index contributed by atoms with van der Waals surface area (Å²) < 4.78 is 37.7. The number of amides is 1. The molecule has 1 aromatic rings. The van der Waals surface area contributed by atoms with Gasteiger partial charge < -0.3 is 14.8 Å². The molecule has 2 N–H and O–H groups in total. The van der Waals surface area contributed by atoms with Gasteiger partial charge in [-0.25, -0.2) is 13.1 Å². The molecule has 0 atom stereocenters. The smallest absolute Gasteiger partial charge is 0.251 e. The summed E-state index contributed by atoms with van der Waals surface area (Å²) in [5, 5.41) is 2.76. The van der Waals surface area contributed by atoms with E-state index in [9.17, 15) is 13.2 Å². The number of carbonyl (C=O) groups is 1. The molecule has 1 aromatic carbocycles. The molecule has 0 aromatic heterocycles. The quantitative estimate of drug-likeness (QED) is 0.579. The number of carbonyl (C=O) groups excluding carboxylic acids is 1. The van der Waals surface area contributed by atoms with Crippen molar-refractivity contribution in [2.75, 3.05) is 26.8 Å². The van der Waals surface area contributed by atoms with E-state index in [-0.39, 0.29) is 28.2 Å². The van der Waals surface area contributed by atoms with Gasteiger partial charge in [-0.15, -0.1) is 0 Å². The highest BCUT2D eigenvalue weighted by molar-refractivity contribution is 7.89. The van der Waals surface area contributed by atoms with E-state index in [1.165, 1.54) is 25.3 Å². The van der Waals surface area contributed by atoms with Gasteiger partial charge >= 0.3 is 0 Å². The highest BCUT2D eigenvalue weighted by Crippen LogP contribution is 2.24. The van der Waals surface area contributed by atoms with E-state index < -0.39 is 10.0 Å². The Kier molecular flexibility index (Phi) is 8.88. The molecule has 0 aliphatic rings. The standard InChI is InChI=1S/C17H28N2O5S/c1-5-9-19-25(21,22)16-12-14(7-8-15(16)23-4)17(20)18-10-6-11-24-13(2)3/h7-8,12-13,19H,5-6,9-11H2,1-4H3,(H,18,20). The summed E-state index contributed by atoms with van der Waals surface area (Å²) in [7, 11) is -2.34. The second-order valence-corrected chi connectivity index (χ2v) is 7.53.